The van der Waals surface area contributed by atoms with E-state index in [4.69, 9.17) is 9.47 Å². The predicted octanol–water partition coefficient (Wildman–Crippen LogP) is 1.64. The minimum absolute atomic E-state index is 0.373. The lowest BCUT2D eigenvalue weighted by Gasteiger charge is -2.02. The van der Waals surface area contributed by atoms with E-state index in [2.05, 4.69) is 4.74 Å². The molecule has 16 heavy (non-hydrogen) atoms. The molecule has 0 radical (unpaired) electrons. The van der Waals surface area contributed by atoms with Gasteiger partial charge < -0.3 is 14.2 Å². The molecule has 0 aromatic heterocycles. The van der Waals surface area contributed by atoms with Crippen LogP contribution in [-0.2, 0) is 9.53 Å². The van der Waals surface area contributed by atoms with Gasteiger partial charge in [0.2, 0.25) is 0 Å². The van der Waals surface area contributed by atoms with Gasteiger partial charge in [-0.25, -0.2) is 4.79 Å². The maximum absolute atomic E-state index is 11.1. The summed E-state index contributed by atoms with van der Waals surface area (Å²) in [6, 6.07) is 5.50. The highest BCUT2D eigenvalue weighted by Gasteiger charge is 2.19. The van der Waals surface area contributed by atoms with E-state index >= 15 is 0 Å². The number of hydrogen-bond donors (Lipinski definition) is 0. The lowest BCUT2D eigenvalue weighted by molar-refractivity contribution is -0.134. The van der Waals surface area contributed by atoms with Gasteiger partial charge in [-0.3, -0.25) is 0 Å². The Bertz CT molecular complexity index is 448. The van der Waals surface area contributed by atoms with Crippen molar-refractivity contribution in [3.8, 4) is 11.5 Å². The minimum atomic E-state index is -0.373. The molecule has 1 aromatic rings. The summed E-state index contributed by atoms with van der Waals surface area (Å²) >= 11 is 0. The SMILES string of the molecule is COC(=O)/C=C1/COc2cc(OC)ccc21. The van der Waals surface area contributed by atoms with Crippen molar-refractivity contribution < 1.29 is 19.0 Å². The Hall–Kier alpha value is -1.97. The van der Waals surface area contributed by atoms with Crippen molar-refractivity contribution in [3.05, 3.63) is 29.8 Å². The van der Waals surface area contributed by atoms with Crippen molar-refractivity contribution in [2.45, 2.75) is 0 Å². The largest absolute Gasteiger partial charge is 0.497 e. The average Bonchev–Trinajstić information content (AvgIpc) is 2.71. The Morgan fingerprint density at radius 1 is 1.44 bits per heavy atom. The van der Waals surface area contributed by atoms with Gasteiger partial charge in [0.1, 0.15) is 18.1 Å². The van der Waals surface area contributed by atoms with Crippen molar-refractivity contribution >= 4 is 11.5 Å². The Morgan fingerprint density at radius 2 is 2.25 bits per heavy atom. The molecule has 0 atom stereocenters. The molecule has 0 fully saturated rings. The lowest BCUT2D eigenvalue weighted by Crippen LogP contribution is -1.97. The van der Waals surface area contributed by atoms with Crippen molar-refractivity contribution in [2.24, 2.45) is 0 Å². The molecule has 0 saturated carbocycles. The fourth-order valence-corrected chi connectivity index (χ4v) is 1.57. The minimum Gasteiger partial charge on any atom is -0.497 e. The summed E-state index contributed by atoms with van der Waals surface area (Å²) in [5.41, 5.74) is 1.73. The van der Waals surface area contributed by atoms with Crippen LogP contribution in [0.1, 0.15) is 5.56 Å². The summed E-state index contributed by atoms with van der Waals surface area (Å²) in [5.74, 6) is 1.09. The maximum Gasteiger partial charge on any atom is 0.330 e. The number of esters is 1. The summed E-state index contributed by atoms with van der Waals surface area (Å²) in [6.07, 6.45) is 1.44. The van der Waals surface area contributed by atoms with E-state index in [0.29, 0.717) is 6.61 Å². The van der Waals surface area contributed by atoms with Crippen LogP contribution in [0, 0.1) is 0 Å². The molecule has 1 aliphatic rings. The zero-order valence-electron chi connectivity index (χ0n) is 9.15. The number of carbonyl (C=O) groups is 1. The molecule has 84 valence electrons. The third kappa shape index (κ3) is 1.86. The van der Waals surface area contributed by atoms with Crippen LogP contribution in [-0.4, -0.2) is 26.8 Å². The quantitative estimate of drug-likeness (QED) is 0.561. The van der Waals surface area contributed by atoms with Gasteiger partial charge in [-0.15, -0.1) is 0 Å². The van der Waals surface area contributed by atoms with Crippen LogP contribution in [0.3, 0.4) is 0 Å². The molecule has 1 aromatic carbocycles. The third-order valence-corrected chi connectivity index (χ3v) is 2.41. The summed E-state index contributed by atoms with van der Waals surface area (Å²) < 4.78 is 15.1. The van der Waals surface area contributed by atoms with Gasteiger partial charge in [0.05, 0.1) is 14.2 Å². The van der Waals surface area contributed by atoms with Crippen LogP contribution in [0.4, 0.5) is 0 Å². The Balaban J connectivity index is 2.33. The first-order valence-corrected chi connectivity index (χ1v) is 4.84. The molecule has 1 aliphatic heterocycles. The van der Waals surface area contributed by atoms with Crippen molar-refractivity contribution in [1.82, 2.24) is 0 Å². The summed E-state index contributed by atoms with van der Waals surface area (Å²) in [6.45, 7) is 0.387. The van der Waals surface area contributed by atoms with E-state index in [0.717, 1.165) is 22.6 Å². The monoisotopic (exact) mass is 220 g/mol. The zero-order valence-corrected chi connectivity index (χ0v) is 9.15. The van der Waals surface area contributed by atoms with Gasteiger partial charge >= 0.3 is 5.97 Å². The number of hydrogen-bond acceptors (Lipinski definition) is 4. The first-order chi connectivity index (χ1) is 7.74. The first-order valence-electron chi connectivity index (χ1n) is 4.84. The number of rotatable bonds is 2. The molecule has 1 heterocycles. The van der Waals surface area contributed by atoms with E-state index in [1.807, 2.05) is 12.1 Å². The molecule has 4 heteroatoms. The summed E-state index contributed by atoms with van der Waals surface area (Å²) in [5, 5.41) is 0. The van der Waals surface area contributed by atoms with Crippen LogP contribution < -0.4 is 9.47 Å². The van der Waals surface area contributed by atoms with Gasteiger partial charge in [-0.2, -0.15) is 0 Å². The van der Waals surface area contributed by atoms with Crippen molar-refractivity contribution in [2.75, 3.05) is 20.8 Å². The topological polar surface area (TPSA) is 44.8 Å². The molecule has 0 aliphatic carbocycles. The van der Waals surface area contributed by atoms with E-state index in [1.54, 1.807) is 13.2 Å². The number of benzene rings is 1. The Labute approximate surface area is 93.4 Å². The molecule has 0 N–H and O–H groups in total. The number of methoxy groups -OCH3 is 2. The van der Waals surface area contributed by atoms with Crippen molar-refractivity contribution in [3.63, 3.8) is 0 Å². The normalized spacial score (nSPS) is 15.5. The van der Waals surface area contributed by atoms with Crippen LogP contribution in [0.25, 0.3) is 5.57 Å². The standard InChI is InChI=1S/C12H12O4/c1-14-9-3-4-10-8(5-12(13)15-2)7-16-11(10)6-9/h3-6H,7H2,1-2H3/b8-5-. The van der Waals surface area contributed by atoms with E-state index in [1.165, 1.54) is 13.2 Å². The zero-order chi connectivity index (χ0) is 11.5. The average molecular weight is 220 g/mol. The molecule has 0 saturated heterocycles. The smallest absolute Gasteiger partial charge is 0.330 e. The Morgan fingerprint density at radius 3 is 2.94 bits per heavy atom. The predicted molar refractivity (Wildman–Crippen MR) is 58.5 cm³/mol. The molecule has 0 amide bonds. The lowest BCUT2D eigenvalue weighted by atomic mass is 10.1. The third-order valence-electron chi connectivity index (χ3n) is 2.41. The highest BCUT2D eigenvalue weighted by molar-refractivity contribution is 5.93. The van der Waals surface area contributed by atoms with E-state index < -0.39 is 0 Å². The van der Waals surface area contributed by atoms with Gasteiger partial charge in [-0.05, 0) is 12.1 Å². The summed E-state index contributed by atoms with van der Waals surface area (Å²) in [7, 11) is 2.95. The molecule has 0 spiro atoms. The van der Waals surface area contributed by atoms with Gasteiger partial charge in [-0.1, -0.05) is 0 Å². The number of carbonyl (C=O) groups excluding carboxylic acids is 1. The van der Waals surface area contributed by atoms with Crippen LogP contribution in [0.15, 0.2) is 24.3 Å². The second-order valence-corrected chi connectivity index (χ2v) is 3.34. The number of ether oxygens (including phenoxy) is 3. The molecular formula is C12H12O4. The van der Waals surface area contributed by atoms with Crippen LogP contribution in [0.5, 0.6) is 11.5 Å². The van der Waals surface area contributed by atoms with Crippen molar-refractivity contribution in [1.29, 1.82) is 0 Å². The first kappa shape index (κ1) is 10.5. The fraction of sp³-hybridized carbons (Fsp3) is 0.250. The molecule has 0 bridgehead atoms. The van der Waals surface area contributed by atoms with Crippen LogP contribution >= 0.6 is 0 Å². The molecule has 4 nitrogen and oxygen atoms in total. The van der Waals surface area contributed by atoms with Crippen LogP contribution in [0.2, 0.25) is 0 Å². The second-order valence-electron chi connectivity index (χ2n) is 3.34. The molecule has 2 rings (SSSR count). The van der Waals surface area contributed by atoms with Gasteiger partial charge in [0, 0.05) is 23.3 Å². The number of fused-ring (bicyclic) bond motifs is 1. The fourth-order valence-electron chi connectivity index (χ4n) is 1.57. The van der Waals surface area contributed by atoms with E-state index in [9.17, 15) is 4.79 Å². The second kappa shape index (κ2) is 4.26. The Kier molecular flexibility index (Phi) is 2.81. The highest BCUT2D eigenvalue weighted by Crippen LogP contribution is 2.35. The van der Waals surface area contributed by atoms with Gasteiger partial charge in [0.15, 0.2) is 0 Å². The van der Waals surface area contributed by atoms with E-state index in [-0.39, 0.29) is 5.97 Å². The maximum atomic E-state index is 11.1. The van der Waals surface area contributed by atoms with Gasteiger partial charge in [0.25, 0.3) is 0 Å². The molecular weight excluding hydrogens is 208 g/mol. The molecule has 0 unspecified atom stereocenters. The summed E-state index contributed by atoms with van der Waals surface area (Å²) in [4.78, 5) is 11.1. The highest BCUT2D eigenvalue weighted by atomic mass is 16.5.